The lowest BCUT2D eigenvalue weighted by molar-refractivity contribution is -0.384. The highest BCUT2D eigenvalue weighted by Crippen LogP contribution is 2.36. The van der Waals surface area contributed by atoms with Gasteiger partial charge in [-0.2, -0.15) is 0 Å². The first-order valence-corrected chi connectivity index (χ1v) is 6.81. The number of rotatable bonds is 4. The van der Waals surface area contributed by atoms with Crippen LogP contribution in [-0.2, 0) is 0 Å². The van der Waals surface area contributed by atoms with Crippen molar-refractivity contribution in [1.82, 2.24) is 4.90 Å². The molecule has 0 aliphatic carbocycles. The van der Waals surface area contributed by atoms with E-state index in [1.807, 2.05) is 19.0 Å². The molecule has 1 fully saturated rings. The molecular weight excluding hydrogens is 298 g/mol. The summed E-state index contributed by atoms with van der Waals surface area (Å²) in [6, 6.07) is 2.57. The summed E-state index contributed by atoms with van der Waals surface area (Å²) in [5.74, 6) is -1.22. The van der Waals surface area contributed by atoms with Gasteiger partial charge in [-0.05, 0) is 20.5 Å². The summed E-state index contributed by atoms with van der Waals surface area (Å²) in [6.45, 7) is 1.31. The van der Waals surface area contributed by atoms with Gasteiger partial charge in [-0.25, -0.2) is 4.79 Å². The number of anilines is 1. The zero-order valence-corrected chi connectivity index (χ0v) is 12.5. The first kappa shape index (κ1) is 15.5. The van der Waals surface area contributed by atoms with Gasteiger partial charge in [0.1, 0.15) is 0 Å². The molecule has 0 spiro atoms. The highest BCUT2D eigenvalue weighted by molar-refractivity contribution is 6.34. The number of nitrogens with zero attached hydrogens (tertiary/aromatic N) is 3. The minimum Gasteiger partial charge on any atom is -0.478 e. The van der Waals surface area contributed by atoms with Crippen LogP contribution in [0, 0.1) is 10.1 Å². The summed E-state index contributed by atoms with van der Waals surface area (Å²) in [5.41, 5.74) is -0.0859. The van der Waals surface area contributed by atoms with Crippen LogP contribution in [0.3, 0.4) is 0 Å². The third-order valence-corrected chi connectivity index (χ3v) is 3.99. The number of nitro groups is 1. The Balaban J connectivity index is 2.44. The van der Waals surface area contributed by atoms with E-state index in [-0.39, 0.29) is 16.3 Å². The predicted octanol–water partition coefficient (Wildman–Crippen LogP) is 2.09. The van der Waals surface area contributed by atoms with Gasteiger partial charge < -0.3 is 14.9 Å². The number of carboxylic acid groups (broad SMARTS) is 1. The van der Waals surface area contributed by atoms with Crippen LogP contribution >= 0.6 is 11.6 Å². The number of aromatic carboxylic acids is 1. The zero-order chi connectivity index (χ0) is 15.7. The number of nitro benzene ring substituents is 1. The Morgan fingerprint density at radius 3 is 2.67 bits per heavy atom. The lowest BCUT2D eigenvalue weighted by atomic mass is 10.1. The second-order valence-electron chi connectivity index (χ2n) is 5.24. The van der Waals surface area contributed by atoms with E-state index in [1.54, 1.807) is 0 Å². The van der Waals surface area contributed by atoms with Crippen molar-refractivity contribution < 1.29 is 14.8 Å². The van der Waals surface area contributed by atoms with Crippen molar-refractivity contribution in [3.05, 3.63) is 32.8 Å². The van der Waals surface area contributed by atoms with Crippen LogP contribution in [0.5, 0.6) is 0 Å². The van der Waals surface area contributed by atoms with Crippen LogP contribution in [0.2, 0.25) is 5.02 Å². The molecule has 114 valence electrons. The van der Waals surface area contributed by atoms with Gasteiger partial charge in [0.2, 0.25) is 0 Å². The lowest BCUT2D eigenvalue weighted by Gasteiger charge is -2.24. The van der Waals surface area contributed by atoms with E-state index in [0.29, 0.717) is 24.8 Å². The van der Waals surface area contributed by atoms with E-state index in [2.05, 4.69) is 4.90 Å². The molecule has 1 aliphatic rings. The molecule has 1 saturated heterocycles. The van der Waals surface area contributed by atoms with E-state index < -0.39 is 10.9 Å². The summed E-state index contributed by atoms with van der Waals surface area (Å²) in [7, 11) is 3.92. The average Bonchev–Trinajstić information content (AvgIpc) is 2.86. The molecule has 1 aromatic carbocycles. The van der Waals surface area contributed by atoms with Crippen LogP contribution in [0.4, 0.5) is 11.4 Å². The number of hydrogen-bond acceptors (Lipinski definition) is 5. The minimum absolute atomic E-state index is 0.0982. The third-order valence-electron chi connectivity index (χ3n) is 3.70. The minimum atomic E-state index is -1.22. The normalized spacial score (nSPS) is 18.3. The number of likely N-dealkylation sites (N-methyl/N-ethyl adjacent to an activating group) is 1. The van der Waals surface area contributed by atoms with Crippen molar-refractivity contribution in [3.63, 3.8) is 0 Å². The van der Waals surface area contributed by atoms with Gasteiger partial charge >= 0.3 is 5.97 Å². The van der Waals surface area contributed by atoms with E-state index in [1.165, 1.54) is 6.07 Å². The number of benzene rings is 1. The lowest BCUT2D eigenvalue weighted by Crippen LogP contribution is -2.32. The van der Waals surface area contributed by atoms with Crippen molar-refractivity contribution in [3.8, 4) is 0 Å². The standard InChI is InChI=1S/C13H16ClN3O4/c1-15(2)8-3-4-16(7-8)12-10(13(18)19)5-9(17(20)21)6-11(12)14/h5-6,8H,3-4,7H2,1-2H3,(H,18,19). The maximum Gasteiger partial charge on any atom is 0.338 e. The summed E-state index contributed by atoms with van der Waals surface area (Å²) in [5, 5.41) is 20.2. The van der Waals surface area contributed by atoms with E-state index in [0.717, 1.165) is 12.5 Å². The molecule has 1 atom stereocenters. The fraction of sp³-hybridized carbons (Fsp3) is 0.462. The molecule has 1 aliphatic heterocycles. The second-order valence-corrected chi connectivity index (χ2v) is 5.65. The largest absolute Gasteiger partial charge is 0.478 e. The maximum absolute atomic E-state index is 11.4. The Morgan fingerprint density at radius 2 is 2.19 bits per heavy atom. The fourth-order valence-electron chi connectivity index (χ4n) is 2.54. The zero-order valence-electron chi connectivity index (χ0n) is 11.7. The Kier molecular flexibility index (Phi) is 4.34. The molecule has 2 rings (SSSR count). The molecule has 1 heterocycles. The average molecular weight is 314 g/mol. The number of carbonyl (C=O) groups is 1. The van der Waals surface area contributed by atoms with Crippen molar-refractivity contribution in [2.45, 2.75) is 12.5 Å². The topological polar surface area (TPSA) is 86.9 Å². The van der Waals surface area contributed by atoms with Crippen LogP contribution in [-0.4, -0.2) is 54.1 Å². The highest BCUT2D eigenvalue weighted by Gasteiger charge is 2.30. The third kappa shape index (κ3) is 3.08. The Hall–Kier alpha value is -1.86. The molecule has 1 unspecified atom stereocenters. The van der Waals surface area contributed by atoms with E-state index in [4.69, 9.17) is 11.6 Å². The van der Waals surface area contributed by atoms with Gasteiger partial charge in [0.25, 0.3) is 5.69 Å². The second kappa shape index (κ2) is 5.87. The molecule has 1 N–H and O–H groups in total. The summed E-state index contributed by atoms with van der Waals surface area (Å²) in [4.78, 5) is 25.5. The Morgan fingerprint density at radius 1 is 1.52 bits per heavy atom. The van der Waals surface area contributed by atoms with E-state index in [9.17, 15) is 20.0 Å². The van der Waals surface area contributed by atoms with Gasteiger partial charge in [-0.1, -0.05) is 11.6 Å². The molecule has 7 nitrogen and oxygen atoms in total. The van der Waals surface area contributed by atoms with Crippen LogP contribution in [0.25, 0.3) is 0 Å². The molecule has 0 saturated carbocycles. The molecule has 0 aromatic heterocycles. The fourth-order valence-corrected chi connectivity index (χ4v) is 2.87. The van der Waals surface area contributed by atoms with Crippen LogP contribution in [0.1, 0.15) is 16.8 Å². The van der Waals surface area contributed by atoms with Crippen LogP contribution < -0.4 is 4.90 Å². The van der Waals surface area contributed by atoms with Gasteiger partial charge in [0.15, 0.2) is 0 Å². The van der Waals surface area contributed by atoms with Gasteiger partial charge in [0.05, 0.1) is 21.2 Å². The van der Waals surface area contributed by atoms with Crippen molar-refractivity contribution >= 4 is 28.9 Å². The highest BCUT2D eigenvalue weighted by atomic mass is 35.5. The molecule has 0 radical (unpaired) electrons. The quantitative estimate of drug-likeness (QED) is 0.676. The molecule has 0 bridgehead atoms. The van der Waals surface area contributed by atoms with E-state index >= 15 is 0 Å². The monoisotopic (exact) mass is 313 g/mol. The predicted molar refractivity (Wildman–Crippen MR) is 79.4 cm³/mol. The van der Waals surface area contributed by atoms with Gasteiger partial charge in [0, 0.05) is 31.3 Å². The molecule has 1 aromatic rings. The first-order chi connectivity index (χ1) is 9.81. The SMILES string of the molecule is CN(C)C1CCN(c2c(Cl)cc([N+](=O)[O-])cc2C(=O)O)C1. The maximum atomic E-state index is 11.4. The summed E-state index contributed by atoms with van der Waals surface area (Å²) >= 11 is 6.11. The van der Waals surface area contributed by atoms with Crippen molar-refractivity contribution in [2.24, 2.45) is 0 Å². The number of carboxylic acids is 1. The Labute approximate surface area is 126 Å². The summed E-state index contributed by atoms with van der Waals surface area (Å²) < 4.78 is 0. The smallest absolute Gasteiger partial charge is 0.338 e. The first-order valence-electron chi connectivity index (χ1n) is 6.44. The van der Waals surface area contributed by atoms with Crippen LogP contribution in [0.15, 0.2) is 12.1 Å². The van der Waals surface area contributed by atoms with Gasteiger partial charge in [-0.15, -0.1) is 0 Å². The molecule has 8 heteroatoms. The molecular formula is C13H16ClN3O4. The van der Waals surface area contributed by atoms with Crippen molar-refractivity contribution in [2.75, 3.05) is 32.1 Å². The summed E-state index contributed by atoms with van der Waals surface area (Å²) in [6.07, 6.45) is 0.888. The number of halogens is 1. The van der Waals surface area contributed by atoms with Crippen molar-refractivity contribution in [1.29, 1.82) is 0 Å². The molecule has 21 heavy (non-hydrogen) atoms. The van der Waals surface area contributed by atoms with Gasteiger partial charge in [-0.3, -0.25) is 10.1 Å². The Bertz CT molecular complexity index is 591. The number of non-ortho nitro benzene ring substituents is 1. The molecule has 0 amide bonds. The number of hydrogen-bond donors (Lipinski definition) is 1.